The molecule has 2 N–H and O–H groups in total. The van der Waals surface area contributed by atoms with Gasteiger partial charge in [-0.25, -0.2) is 0 Å². The van der Waals surface area contributed by atoms with Crippen molar-refractivity contribution < 1.29 is 14.6 Å². The van der Waals surface area contributed by atoms with Crippen molar-refractivity contribution >= 4 is 5.91 Å². The number of aliphatic hydroxyl groups is 1. The lowest BCUT2D eigenvalue weighted by Gasteiger charge is -2.25. The van der Waals surface area contributed by atoms with Crippen molar-refractivity contribution in [1.29, 1.82) is 0 Å². The number of hydrogen-bond donors (Lipinski definition) is 2. The highest BCUT2D eigenvalue weighted by Crippen LogP contribution is 2.35. The molecule has 0 aliphatic carbocycles. The molecule has 1 saturated heterocycles. The number of carbonyl (C=O) groups is 1. The van der Waals surface area contributed by atoms with Crippen LogP contribution in [0.1, 0.15) is 50.0 Å². The second-order valence-corrected chi connectivity index (χ2v) is 7.15. The molecule has 138 valence electrons. The number of fused-ring (bicyclic) bond motifs is 1. The third kappa shape index (κ3) is 4.95. The van der Waals surface area contributed by atoms with E-state index in [2.05, 4.69) is 16.3 Å². The molecule has 2 heterocycles. The number of benzene rings is 1. The molecule has 25 heavy (non-hydrogen) atoms. The molecular formula is C20H30N2O3. The molecule has 2 aliphatic heterocycles. The normalized spacial score (nSPS) is 23.1. The lowest BCUT2D eigenvalue weighted by molar-refractivity contribution is -0.121. The molecule has 0 bridgehead atoms. The molecule has 0 radical (unpaired) electrons. The summed E-state index contributed by atoms with van der Waals surface area (Å²) in [5.74, 6) is 1.33. The van der Waals surface area contributed by atoms with Gasteiger partial charge in [-0.3, -0.25) is 9.69 Å². The van der Waals surface area contributed by atoms with Crippen molar-refractivity contribution in [2.45, 2.75) is 50.5 Å². The second kappa shape index (κ2) is 9.20. The first kappa shape index (κ1) is 18.2. The van der Waals surface area contributed by atoms with Crippen LogP contribution in [0.4, 0.5) is 0 Å². The molecule has 5 nitrogen and oxygen atoms in total. The maximum Gasteiger partial charge on any atom is 0.220 e. The van der Waals surface area contributed by atoms with Crippen LogP contribution in [0.15, 0.2) is 24.3 Å². The van der Waals surface area contributed by atoms with E-state index >= 15 is 0 Å². The van der Waals surface area contributed by atoms with Crippen LogP contribution in [-0.2, 0) is 4.79 Å². The number of hydrogen-bond acceptors (Lipinski definition) is 4. The van der Waals surface area contributed by atoms with Gasteiger partial charge in [-0.15, -0.1) is 0 Å². The van der Waals surface area contributed by atoms with Crippen LogP contribution in [0.3, 0.4) is 0 Å². The second-order valence-electron chi connectivity index (χ2n) is 7.15. The maximum absolute atomic E-state index is 12.2. The van der Waals surface area contributed by atoms with Crippen LogP contribution in [0.25, 0.3) is 0 Å². The summed E-state index contributed by atoms with van der Waals surface area (Å²) in [6.07, 6.45) is 5.80. The first-order chi connectivity index (χ1) is 12.3. The number of likely N-dealkylation sites (tertiary alicyclic amines) is 1. The third-order valence-electron chi connectivity index (χ3n) is 5.42. The molecule has 3 rings (SSSR count). The topological polar surface area (TPSA) is 61.8 Å². The Bertz CT molecular complexity index is 564. The van der Waals surface area contributed by atoms with Crippen molar-refractivity contribution in [3.63, 3.8) is 0 Å². The van der Waals surface area contributed by atoms with Crippen LogP contribution in [0, 0.1) is 0 Å². The maximum atomic E-state index is 12.2. The Morgan fingerprint density at radius 1 is 1.28 bits per heavy atom. The van der Waals surface area contributed by atoms with Gasteiger partial charge in [-0.2, -0.15) is 0 Å². The molecule has 1 fully saturated rings. The van der Waals surface area contributed by atoms with Gasteiger partial charge >= 0.3 is 0 Å². The molecule has 1 aromatic carbocycles. The summed E-state index contributed by atoms with van der Waals surface area (Å²) in [5.41, 5.74) is 1.16. The predicted molar refractivity (Wildman–Crippen MR) is 97.8 cm³/mol. The van der Waals surface area contributed by atoms with Gasteiger partial charge in [0.2, 0.25) is 5.91 Å². The number of nitrogens with zero attached hydrogens (tertiary/aromatic N) is 1. The highest BCUT2D eigenvalue weighted by atomic mass is 16.5. The number of para-hydroxylation sites is 1. The summed E-state index contributed by atoms with van der Waals surface area (Å²) in [7, 11) is 0. The first-order valence-corrected chi connectivity index (χ1v) is 9.61. The molecule has 2 aliphatic rings. The summed E-state index contributed by atoms with van der Waals surface area (Å²) >= 11 is 0. The zero-order valence-corrected chi connectivity index (χ0v) is 15.0. The van der Waals surface area contributed by atoms with E-state index in [0.29, 0.717) is 19.1 Å². The fraction of sp³-hybridized carbons (Fsp3) is 0.650. The Morgan fingerprint density at radius 2 is 2.16 bits per heavy atom. The summed E-state index contributed by atoms with van der Waals surface area (Å²) < 4.78 is 5.66. The molecule has 5 heteroatoms. The fourth-order valence-corrected chi connectivity index (χ4v) is 3.99. The van der Waals surface area contributed by atoms with Crippen molar-refractivity contribution in [2.24, 2.45) is 0 Å². The number of nitrogens with one attached hydrogen (secondary N) is 1. The average molecular weight is 346 g/mol. The van der Waals surface area contributed by atoms with Gasteiger partial charge in [0.1, 0.15) is 5.75 Å². The first-order valence-electron chi connectivity index (χ1n) is 9.61. The van der Waals surface area contributed by atoms with E-state index < -0.39 is 0 Å². The summed E-state index contributed by atoms with van der Waals surface area (Å²) in [6, 6.07) is 8.39. The van der Waals surface area contributed by atoms with Crippen LogP contribution < -0.4 is 10.1 Å². The number of aliphatic hydroxyl groups excluding tert-OH is 1. The minimum atomic E-state index is 0.135. The van der Waals surface area contributed by atoms with Gasteiger partial charge in [-0.05, 0) is 62.7 Å². The van der Waals surface area contributed by atoms with E-state index in [-0.39, 0.29) is 18.4 Å². The van der Waals surface area contributed by atoms with E-state index in [1.807, 2.05) is 18.2 Å². The quantitative estimate of drug-likeness (QED) is 0.709. The zero-order chi connectivity index (χ0) is 17.5. The highest BCUT2D eigenvalue weighted by molar-refractivity contribution is 5.77. The SMILES string of the molecule is O=C(CC1CCOc2ccccc21)NCCCCN1CCCC1CO. The minimum Gasteiger partial charge on any atom is -0.493 e. The Kier molecular flexibility index (Phi) is 6.70. The van der Waals surface area contributed by atoms with E-state index in [1.165, 1.54) is 6.42 Å². The van der Waals surface area contributed by atoms with Gasteiger partial charge in [-0.1, -0.05) is 18.2 Å². The van der Waals surface area contributed by atoms with Crippen LogP contribution >= 0.6 is 0 Å². The highest BCUT2D eigenvalue weighted by Gasteiger charge is 2.24. The molecule has 1 amide bonds. The minimum absolute atomic E-state index is 0.135. The van der Waals surface area contributed by atoms with Crippen molar-refractivity contribution in [3.05, 3.63) is 29.8 Å². The molecule has 1 aromatic rings. The van der Waals surface area contributed by atoms with Crippen molar-refractivity contribution in [3.8, 4) is 5.75 Å². The van der Waals surface area contributed by atoms with E-state index in [4.69, 9.17) is 4.74 Å². The number of rotatable bonds is 8. The fourth-order valence-electron chi connectivity index (χ4n) is 3.99. The summed E-state index contributed by atoms with van der Waals surface area (Å²) in [5, 5.41) is 12.4. The molecule has 0 aromatic heterocycles. The third-order valence-corrected chi connectivity index (χ3v) is 5.42. The van der Waals surface area contributed by atoms with Crippen LogP contribution in [-0.4, -0.2) is 54.8 Å². The molecule has 0 spiro atoms. The standard InChI is InChI=1S/C20H30N2O3/c23-15-17-6-5-12-22(17)11-4-3-10-21-20(24)14-16-9-13-25-19-8-2-1-7-18(16)19/h1-2,7-8,16-17,23H,3-6,9-15H2,(H,21,24). The number of ether oxygens (including phenoxy) is 1. The largest absolute Gasteiger partial charge is 0.493 e. The van der Waals surface area contributed by atoms with Crippen LogP contribution in [0.2, 0.25) is 0 Å². The predicted octanol–water partition coefficient (Wildman–Crippen LogP) is 2.30. The number of carbonyl (C=O) groups excluding carboxylic acids is 1. The van der Waals surface area contributed by atoms with E-state index in [9.17, 15) is 9.90 Å². The van der Waals surface area contributed by atoms with Gasteiger partial charge in [0, 0.05) is 19.0 Å². The molecular weight excluding hydrogens is 316 g/mol. The zero-order valence-electron chi connectivity index (χ0n) is 15.0. The summed E-state index contributed by atoms with van der Waals surface area (Å²) in [4.78, 5) is 14.6. The monoisotopic (exact) mass is 346 g/mol. The molecule has 2 atom stereocenters. The molecule has 2 unspecified atom stereocenters. The molecule has 0 saturated carbocycles. The Hall–Kier alpha value is -1.59. The number of amides is 1. The van der Waals surface area contributed by atoms with E-state index in [1.54, 1.807) is 0 Å². The van der Waals surface area contributed by atoms with Crippen molar-refractivity contribution in [2.75, 3.05) is 32.8 Å². The van der Waals surface area contributed by atoms with Gasteiger partial charge in [0.25, 0.3) is 0 Å². The summed E-state index contributed by atoms with van der Waals surface area (Å²) in [6.45, 7) is 3.82. The Labute approximate surface area is 150 Å². The van der Waals surface area contributed by atoms with Gasteiger partial charge in [0.15, 0.2) is 0 Å². The average Bonchev–Trinajstić information content (AvgIpc) is 3.09. The number of unbranched alkanes of at least 4 members (excludes halogenated alkanes) is 1. The lowest BCUT2D eigenvalue weighted by atomic mass is 9.90. The smallest absolute Gasteiger partial charge is 0.220 e. The lowest BCUT2D eigenvalue weighted by Crippen LogP contribution is -2.33. The van der Waals surface area contributed by atoms with Crippen molar-refractivity contribution in [1.82, 2.24) is 10.2 Å². The van der Waals surface area contributed by atoms with E-state index in [0.717, 1.165) is 56.6 Å². The van der Waals surface area contributed by atoms with Gasteiger partial charge in [0.05, 0.1) is 13.2 Å². The Morgan fingerprint density at radius 3 is 3.04 bits per heavy atom. The Balaban J connectivity index is 1.34. The van der Waals surface area contributed by atoms with Gasteiger partial charge < -0.3 is 15.2 Å². The van der Waals surface area contributed by atoms with Crippen LogP contribution in [0.5, 0.6) is 5.75 Å².